The van der Waals surface area contributed by atoms with Crippen molar-refractivity contribution in [1.82, 2.24) is 10.6 Å². The van der Waals surface area contributed by atoms with Crippen LogP contribution in [0.5, 0.6) is 0 Å². The van der Waals surface area contributed by atoms with E-state index in [1.807, 2.05) is 30.3 Å². The van der Waals surface area contributed by atoms with E-state index in [9.17, 15) is 14.4 Å². The lowest BCUT2D eigenvalue weighted by Crippen LogP contribution is -2.60. The molecule has 4 bridgehead atoms. The van der Waals surface area contributed by atoms with E-state index in [0.717, 1.165) is 42.6 Å². The van der Waals surface area contributed by atoms with E-state index in [4.69, 9.17) is 4.74 Å². The highest BCUT2D eigenvalue weighted by Gasteiger charge is 2.51. The minimum atomic E-state index is -0.718. The van der Waals surface area contributed by atoms with Crippen LogP contribution in [-0.2, 0) is 19.1 Å². The summed E-state index contributed by atoms with van der Waals surface area (Å²) in [5.74, 6) is 0.826. The molecule has 0 saturated heterocycles. The van der Waals surface area contributed by atoms with Gasteiger partial charge in [-0.2, -0.15) is 0 Å². The second-order valence-electron chi connectivity index (χ2n) is 8.97. The first-order valence-corrected chi connectivity index (χ1v) is 10.4. The van der Waals surface area contributed by atoms with E-state index in [-0.39, 0.29) is 29.7 Å². The molecule has 154 valence electrons. The third-order valence-electron chi connectivity index (χ3n) is 6.42. The van der Waals surface area contributed by atoms with Crippen LogP contribution in [-0.4, -0.2) is 29.9 Å². The maximum Gasteiger partial charge on any atom is 0.355 e. The van der Waals surface area contributed by atoms with Crippen LogP contribution in [0.3, 0.4) is 0 Å². The van der Waals surface area contributed by atoms with Gasteiger partial charge in [-0.1, -0.05) is 30.3 Å². The Balaban J connectivity index is 1.36. The molecule has 5 rings (SSSR count). The van der Waals surface area contributed by atoms with Gasteiger partial charge in [0.15, 0.2) is 6.61 Å². The normalized spacial score (nSPS) is 30.0. The largest absolute Gasteiger partial charge is 0.451 e. The van der Waals surface area contributed by atoms with Crippen LogP contribution in [0.15, 0.2) is 36.0 Å². The van der Waals surface area contributed by atoms with E-state index >= 15 is 0 Å². The summed E-state index contributed by atoms with van der Waals surface area (Å²) in [7, 11) is 0. The Hall–Kier alpha value is -2.63. The maximum atomic E-state index is 12.5. The van der Waals surface area contributed by atoms with Gasteiger partial charge >= 0.3 is 5.97 Å². The first-order chi connectivity index (χ1) is 13.9. The molecule has 0 heterocycles. The second kappa shape index (κ2) is 8.01. The lowest BCUT2D eigenvalue weighted by molar-refractivity contribution is -0.147. The summed E-state index contributed by atoms with van der Waals surface area (Å²) in [4.78, 5) is 36.5. The molecule has 2 N–H and O–H groups in total. The van der Waals surface area contributed by atoms with Crippen molar-refractivity contribution in [2.45, 2.75) is 51.0 Å². The Kier molecular flexibility index (Phi) is 5.43. The number of esters is 1. The van der Waals surface area contributed by atoms with Crippen molar-refractivity contribution < 1.29 is 19.1 Å². The lowest BCUT2D eigenvalue weighted by atomic mass is 9.53. The van der Waals surface area contributed by atoms with E-state index < -0.39 is 5.97 Å². The molecule has 1 aromatic rings. The van der Waals surface area contributed by atoms with Crippen LogP contribution in [0.2, 0.25) is 0 Å². The SMILES string of the molecule is CC(=O)N/C(=C/c1ccccc1)C(=O)OCC(=O)NC12CC3CC(CC(C3)C1)C2. The number of amides is 2. The molecule has 4 aliphatic carbocycles. The topological polar surface area (TPSA) is 84.5 Å². The van der Waals surface area contributed by atoms with Gasteiger partial charge in [0.2, 0.25) is 5.91 Å². The smallest absolute Gasteiger partial charge is 0.355 e. The van der Waals surface area contributed by atoms with Crippen LogP contribution in [0.4, 0.5) is 0 Å². The quantitative estimate of drug-likeness (QED) is 0.572. The standard InChI is InChI=1S/C23H28N2O4/c1-15(26)24-20(10-16-5-3-2-4-6-16)22(28)29-14-21(27)25-23-11-17-7-18(12-23)9-19(8-17)13-23/h2-6,10,17-19H,7-9,11-14H2,1H3,(H,24,26)(H,25,27)/b20-10+. The van der Waals surface area contributed by atoms with Crippen LogP contribution in [0.1, 0.15) is 51.0 Å². The zero-order valence-corrected chi connectivity index (χ0v) is 16.8. The van der Waals surface area contributed by atoms with Crippen LogP contribution < -0.4 is 10.6 Å². The zero-order valence-electron chi connectivity index (χ0n) is 16.8. The number of carbonyl (C=O) groups is 3. The fourth-order valence-electron chi connectivity index (χ4n) is 5.86. The molecule has 0 aliphatic heterocycles. The lowest BCUT2D eigenvalue weighted by Gasteiger charge is -2.56. The van der Waals surface area contributed by atoms with Crippen molar-refractivity contribution in [2.24, 2.45) is 17.8 Å². The van der Waals surface area contributed by atoms with Crippen molar-refractivity contribution >= 4 is 23.9 Å². The first kappa shape index (κ1) is 19.7. The Bertz CT molecular complexity index is 795. The van der Waals surface area contributed by atoms with Gasteiger partial charge in [-0.3, -0.25) is 9.59 Å². The van der Waals surface area contributed by atoms with Gasteiger partial charge in [-0.15, -0.1) is 0 Å². The fourth-order valence-corrected chi connectivity index (χ4v) is 5.86. The van der Waals surface area contributed by atoms with Crippen molar-refractivity contribution in [1.29, 1.82) is 0 Å². The molecule has 29 heavy (non-hydrogen) atoms. The van der Waals surface area contributed by atoms with E-state index in [1.165, 1.54) is 26.2 Å². The number of hydrogen-bond donors (Lipinski definition) is 2. The number of carbonyl (C=O) groups excluding carboxylic acids is 3. The molecule has 0 unspecified atom stereocenters. The van der Waals surface area contributed by atoms with Gasteiger partial charge in [0.05, 0.1) is 0 Å². The summed E-state index contributed by atoms with van der Waals surface area (Å²) < 4.78 is 5.22. The number of ether oxygens (including phenoxy) is 1. The third kappa shape index (κ3) is 4.69. The monoisotopic (exact) mass is 396 g/mol. The minimum absolute atomic E-state index is 0.0197. The molecule has 1 aromatic carbocycles. The Morgan fingerprint density at radius 2 is 1.62 bits per heavy atom. The molecule has 2 amide bonds. The van der Waals surface area contributed by atoms with Crippen molar-refractivity contribution in [2.75, 3.05) is 6.61 Å². The molecule has 0 spiro atoms. The zero-order chi connectivity index (χ0) is 20.4. The molecule has 4 fully saturated rings. The van der Waals surface area contributed by atoms with Crippen molar-refractivity contribution in [3.8, 4) is 0 Å². The summed E-state index contributed by atoms with van der Waals surface area (Å²) >= 11 is 0. The van der Waals surface area contributed by atoms with Crippen LogP contribution in [0.25, 0.3) is 6.08 Å². The summed E-state index contributed by atoms with van der Waals surface area (Å²) in [6.07, 6.45) is 8.58. The number of hydrogen-bond acceptors (Lipinski definition) is 4. The molecule has 0 aromatic heterocycles. The summed E-state index contributed by atoms with van der Waals surface area (Å²) in [6, 6.07) is 9.16. The van der Waals surface area contributed by atoms with Gasteiger partial charge in [0.1, 0.15) is 5.70 Å². The summed E-state index contributed by atoms with van der Waals surface area (Å²) in [6.45, 7) is 0.984. The Labute approximate surface area is 171 Å². The molecule has 0 radical (unpaired) electrons. The van der Waals surface area contributed by atoms with Gasteiger partial charge in [-0.25, -0.2) is 4.79 Å². The predicted molar refractivity (Wildman–Crippen MR) is 108 cm³/mol. The van der Waals surface area contributed by atoms with Crippen molar-refractivity contribution in [3.63, 3.8) is 0 Å². The molecular formula is C23H28N2O4. The number of benzene rings is 1. The Morgan fingerprint density at radius 3 is 2.17 bits per heavy atom. The number of rotatable bonds is 6. The van der Waals surface area contributed by atoms with Crippen LogP contribution >= 0.6 is 0 Å². The van der Waals surface area contributed by atoms with E-state index in [1.54, 1.807) is 6.08 Å². The minimum Gasteiger partial charge on any atom is -0.451 e. The molecule has 6 heteroatoms. The average molecular weight is 396 g/mol. The van der Waals surface area contributed by atoms with Gasteiger partial charge in [0.25, 0.3) is 5.91 Å². The molecule has 4 aliphatic rings. The highest BCUT2D eigenvalue weighted by molar-refractivity contribution is 5.98. The average Bonchev–Trinajstić information content (AvgIpc) is 2.64. The molecule has 6 nitrogen and oxygen atoms in total. The molecule has 0 atom stereocenters. The van der Waals surface area contributed by atoms with Gasteiger partial charge in [0, 0.05) is 12.5 Å². The Morgan fingerprint density at radius 1 is 1.03 bits per heavy atom. The highest BCUT2D eigenvalue weighted by atomic mass is 16.5. The van der Waals surface area contributed by atoms with Gasteiger partial charge < -0.3 is 15.4 Å². The summed E-state index contributed by atoms with van der Waals surface area (Å²) in [5.41, 5.74) is 0.663. The van der Waals surface area contributed by atoms with E-state index in [0.29, 0.717) is 0 Å². The molecule has 4 saturated carbocycles. The molecular weight excluding hydrogens is 368 g/mol. The number of nitrogens with one attached hydrogen (secondary N) is 2. The highest BCUT2D eigenvalue weighted by Crippen LogP contribution is 2.55. The predicted octanol–water partition coefficient (Wildman–Crippen LogP) is 2.79. The summed E-state index contributed by atoms with van der Waals surface area (Å²) in [5, 5.41) is 5.68. The second-order valence-corrected chi connectivity index (χ2v) is 8.97. The fraction of sp³-hybridized carbons (Fsp3) is 0.522. The van der Waals surface area contributed by atoms with Crippen molar-refractivity contribution in [3.05, 3.63) is 41.6 Å². The van der Waals surface area contributed by atoms with Gasteiger partial charge in [-0.05, 0) is 67.9 Å². The van der Waals surface area contributed by atoms with E-state index in [2.05, 4.69) is 10.6 Å². The third-order valence-corrected chi connectivity index (χ3v) is 6.42. The van der Waals surface area contributed by atoms with Crippen LogP contribution in [0, 0.1) is 17.8 Å². The first-order valence-electron chi connectivity index (χ1n) is 10.4. The maximum absolute atomic E-state index is 12.5.